The molecule has 0 aliphatic rings. The predicted octanol–water partition coefficient (Wildman–Crippen LogP) is 3.33. The predicted molar refractivity (Wildman–Crippen MR) is 82.1 cm³/mol. The van der Waals surface area contributed by atoms with E-state index >= 15 is 0 Å². The van der Waals surface area contributed by atoms with Crippen LogP contribution < -0.4 is 11.1 Å². The summed E-state index contributed by atoms with van der Waals surface area (Å²) in [5.41, 5.74) is 5.62. The van der Waals surface area contributed by atoms with E-state index in [4.69, 9.17) is 5.73 Å². The molecule has 4 heteroatoms. The van der Waals surface area contributed by atoms with E-state index in [1.54, 1.807) is 11.3 Å². The van der Waals surface area contributed by atoms with Gasteiger partial charge in [-0.3, -0.25) is 4.79 Å². The van der Waals surface area contributed by atoms with Gasteiger partial charge in [-0.1, -0.05) is 19.9 Å². The lowest BCUT2D eigenvalue weighted by Gasteiger charge is -2.20. The molecule has 0 aromatic carbocycles. The fraction of sp³-hybridized carbons (Fsp3) is 0.667. The van der Waals surface area contributed by atoms with Crippen LogP contribution >= 0.6 is 11.3 Å². The van der Waals surface area contributed by atoms with Crippen LogP contribution in [0.2, 0.25) is 0 Å². The number of amides is 1. The van der Waals surface area contributed by atoms with Crippen LogP contribution in [0.5, 0.6) is 0 Å². The molecule has 0 saturated carbocycles. The summed E-state index contributed by atoms with van der Waals surface area (Å²) in [6.07, 6.45) is 2.53. The number of nitrogens with one attached hydrogen (secondary N) is 1. The normalized spacial score (nSPS) is 14.4. The van der Waals surface area contributed by atoms with E-state index in [0.29, 0.717) is 24.8 Å². The second kappa shape index (κ2) is 8.33. The van der Waals surface area contributed by atoms with E-state index in [2.05, 4.69) is 25.2 Å². The zero-order valence-corrected chi connectivity index (χ0v) is 13.0. The van der Waals surface area contributed by atoms with Crippen LogP contribution in [-0.2, 0) is 4.79 Å². The molecule has 1 aromatic rings. The summed E-state index contributed by atoms with van der Waals surface area (Å²) in [5, 5.41) is 5.09. The summed E-state index contributed by atoms with van der Waals surface area (Å²) in [7, 11) is 0. The van der Waals surface area contributed by atoms with Crippen LogP contribution in [0, 0.1) is 11.8 Å². The Labute approximate surface area is 120 Å². The molecule has 3 N–H and O–H groups in total. The second-order valence-corrected chi connectivity index (χ2v) is 6.40. The molecule has 1 heterocycles. The van der Waals surface area contributed by atoms with Gasteiger partial charge >= 0.3 is 0 Å². The summed E-state index contributed by atoms with van der Waals surface area (Å²) in [4.78, 5) is 13.1. The van der Waals surface area contributed by atoms with Crippen molar-refractivity contribution in [1.29, 1.82) is 0 Å². The molecule has 1 aromatic heterocycles. The van der Waals surface area contributed by atoms with Crippen LogP contribution in [-0.4, -0.2) is 12.5 Å². The number of rotatable bonds is 8. The number of carbonyl (C=O) groups excluding carboxylic acids is 1. The average molecular weight is 282 g/mol. The first-order valence-corrected chi connectivity index (χ1v) is 7.95. The minimum absolute atomic E-state index is 0.111. The fourth-order valence-corrected chi connectivity index (χ4v) is 3.00. The first kappa shape index (κ1) is 16.2. The number of hydrogen-bond donors (Lipinski definition) is 2. The minimum Gasteiger partial charge on any atom is -0.349 e. The third kappa shape index (κ3) is 5.74. The molecular weight excluding hydrogens is 256 g/mol. The molecule has 108 valence electrons. The lowest BCUT2D eigenvalue weighted by atomic mass is 9.88. The van der Waals surface area contributed by atoms with Crippen LogP contribution in [0.3, 0.4) is 0 Å². The lowest BCUT2D eigenvalue weighted by molar-refractivity contribution is -0.122. The van der Waals surface area contributed by atoms with Gasteiger partial charge in [-0.25, -0.2) is 0 Å². The Bertz CT molecular complexity index is 362. The number of nitrogens with two attached hydrogens (primary N) is 1. The summed E-state index contributed by atoms with van der Waals surface area (Å²) in [5.74, 6) is 1.28. The molecule has 0 saturated heterocycles. The van der Waals surface area contributed by atoms with Gasteiger partial charge in [0.05, 0.1) is 6.04 Å². The van der Waals surface area contributed by atoms with Crippen molar-refractivity contribution in [3.63, 3.8) is 0 Å². The molecule has 2 atom stereocenters. The van der Waals surface area contributed by atoms with Gasteiger partial charge in [0.2, 0.25) is 5.91 Å². The monoisotopic (exact) mass is 282 g/mol. The van der Waals surface area contributed by atoms with Crippen molar-refractivity contribution in [2.75, 3.05) is 6.54 Å². The Morgan fingerprint density at radius 2 is 2.11 bits per heavy atom. The molecule has 3 nitrogen and oxygen atoms in total. The van der Waals surface area contributed by atoms with Crippen LogP contribution in [0.15, 0.2) is 17.5 Å². The maximum atomic E-state index is 11.9. The highest BCUT2D eigenvalue weighted by atomic mass is 32.1. The Balaban J connectivity index is 2.34. The Hall–Kier alpha value is -0.870. The number of carbonyl (C=O) groups is 1. The van der Waals surface area contributed by atoms with Crippen LogP contribution in [0.25, 0.3) is 0 Å². The maximum absolute atomic E-state index is 11.9. The number of thiophene rings is 1. The molecule has 1 unspecified atom stereocenters. The van der Waals surface area contributed by atoms with Crippen molar-refractivity contribution in [2.24, 2.45) is 17.6 Å². The minimum atomic E-state index is 0.111. The van der Waals surface area contributed by atoms with E-state index in [1.165, 1.54) is 4.88 Å². The molecule has 1 amide bonds. The van der Waals surface area contributed by atoms with Gasteiger partial charge in [0.15, 0.2) is 0 Å². The third-order valence-corrected chi connectivity index (χ3v) is 4.62. The van der Waals surface area contributed by atoms with E-state index in [9.17, 15) is 4.79 Å². The zero-order chi connectivity index (χ0) is 14.3. The highest BCUT2D eigenvalue weighted by Gasteiger charge is 2.16. The molecule has 0 aliphatic heterocycles. The molecule has 0 radical (unpaired) electrons. The fourth-order valence-electron chi connectivity index (χ4n) is 2.26. The summed E-state index contributed by atoms with van der Waals surface area (Å²) < 4.78 is 0. The summed E-state index contributed by atoms with van der Waals surface area (Å²) in [6.45, 7) is 7.14. The second-order valence-electron chi connectivity index (χ2n) is 5.42. The van der Waals surface area contributed by atoms with Crippen molar-refractivity contribution >= 4 is 17.2 Å². The first-order valence-electron chi connectivity index (χ1n) is 7.07. The Morgan fingerprint density at radius 1 is 1.37 bits per heavy atom. The molecular formula is C15H26N2OS. The smallest absolute Gasteiger partial charge is 0.220 e. The van der Waals surface area contributed by atoms with Crippen LogP contribution in [0.1, 0.15) is 51.0 Å². The van der Waals surface area contributed by atoms with Gasteiger partial charge in [0, 0.05) is 11.3 Å². The van der Waals surface area contributed by atoms with Crippen molar-refractivity contribution in [1.82, 2.24) is 5.32 Å². The van der Waals surface area contributed by atoms with Gasteiger partial charge < -0.3 is 11.1 Å². The Kier molecular flexibility index (Phi) is 7.10. The van der Waals surface area contributed by atoms with E-state index < -0.39 is 0 Å². The van der Waals surface area contributed by atoms with Gasteiger partial charge in [-0.05, 0) is 49.6 Å². The highest BCUT2D eigenvalue weighted by Crippen LogP contribution is 2.21. The molecule has 0 fully saturated rings. The standard InChI is InChI=1S/C15H26N2OS/c1-11(2)13(8-9-16)6-7-15(18)17-12(3)14-5-4-10-19-14/h4-5,10-13H,6-9,16H2,1-3H3,(H,17,18)/t12-,13?/m1/s1. The Morgan fingerprint density at radius 3 is 2.63 bits per heavy atom. The first-order chi connectivity index (χ1) is 9.04. The topological polar surface area (TPSA) is 55.1 Å². The quantitative estimate of drug-likeness (QED) is 0.768. The van der Waals surface area contributed by atoms with Crippen molar-refractivity contribution < 1.29 is 4.79 Å². The van der Waals surface area contributed by atoms with Gasteiger partial charge in [-0.15, -0.1) is 11.3 Å². The van der Waals surface area contributed by atoms with Gasteiger partial charge in [0.25, 0.3) is 0 Å². The van der Waals surface area contributed by atoms with Crippen molar-refractivity contribution in [3.05, 3.63) is 22.4 Å². The lowest BCUT2D eigenvalue weighted by Crippen LogP contribution is -2.27. The number of hydrogen-bond acceptors (Lipinski definition) is 3. The highest BCUT2D eigenvalue weighted by molar-refractivity contribution is 7.10. The van der Waals surface area contributed by atoms with E-state index in [0.717, 1.165) is 12.8 Å². The van der Waals surface area contributed by atoms with Gasteiger partial charge in [-0.2, -0.15) is 0 Å². The zero-order valence-electron chi connectivity index (χ0n) is 12.2. The molecule has 0 bridgehead atoms. The molecule has 0 spiro atoms. The largest absolute Gasteiger partial charge is 0.349 e. The van der Waals surface area contributed by atoms with Crippen molar-refractivity contribution in [3.8, 4) is 0 Å². The SMILES string of the molecule is CC(C)C(CCN)CCC(=O)N[C@H](C)c1cccs1. The van der Waals surface area contributed by atoms with Gasteiger partial charge in [0.1, 0.15) is 0 Å². The van der Waals surface area contributed by atoms with Crippen molar-refractivity contribution in [2.45, 2.75) is 46.1 Å². The summed E-state index contributed by atoms with van der Waals surface area (Å²) >= 11 is 1.68. The maximum Gasteiger partial charge on any atom is 0.220 e. The third-order valence-electron chi connectivity index (χ3n) is 3.57. The summed E-state index contributed by atoms with van der Waals surface area (Å²) in [6, 6.07) is 4.18. The van der Waals surface area contributed by atoms with E-state index in [-0.39, 0.29) is 11.9 Å². The molecule has 0 aliphatic carbocycles. The van der Waals surface area contributed by atoms with E-state index in [1.807, 2.05) is 18.4 Å². The average Bonchev–Trinajstić information content (AvgIpc) is 2.87. The molecule has 1 rings (SSSR count). The molecule has 19 heavy (non-hydrogen) atoms. The van der Waals surface area contributed by atoms with Crippen LogP contribution in [0.4, 0.5) is 0 Å².